The number of hydrogen-bond acceptors (Lipinski definition) is 3. The molecule has 1 atom stereocenters. The highest BCUT2D eigenvalue weighted by Crippen LogP contribution is 2.39. The molecular formula is C18H16F2N2O2. The molecule has 1 heterocycles. The highest BCUT2D eigenvalue weighted by atomic mass is 19.1. The third kappa shape index (κ3) is 2.59. The Morgan fingerprint density at radius 1 is 1.25 bits per heavy atom. The zero-order chi connectivity index (χ0) is 17.3. The molecule has 6 heteroatoms. The first-order chi connectivity index (χ1) is 11.5. The van der Waals surface area contributed by atoms with Gasteiger partial charge < -0.3 is 5.11 Å². The maximum absolute atomic E-state index is 14.1. The van der Waals surface area contributed by atoms with Crippen LogP contribution in [-0.4, -0.2) is 28.3 Å². The normalized spacial score (nSPS) is 20.2. The molecule has 1 aliphatic heterocycles. The minimum absolute atomic E-state index is 0.00694. The standard InChI is InChI=1S/C18H16F2N2O2/c1-12(24)22-18(11-23,13-5-3-2-4-6-13)10-17(21-22)15-9-14(19)7-8-16(15)20/h2-9,23H,10-11H2,1H3. The summed E-state index contributed by atoms with van der Waals surface area (Å²) in [5, 5.41) is 15.4. The van der Waals surface area contributed by atoms with Crippen LogP contribution in [0.15, 0.2) is 53.6 Å². The maximum atomic E-state index is 14.1. The molecule has 0 aromatic heterocycles. The molecule has 24 heavy (non-hydrogen) atoms. The largest absolute Gasteiger partial charge is 0.393 e. The summed E-state index contributed by atoms with van der Waals surface area (Å²) >= 11 is 0. The van der Waals surface area contributed by atoms with Gasteiger partial charge in [0.2, 0.25) is 5.91 Å². The zero-order valence-electron chi connectivity index (χ0n) is 13.0. The van der Waals surface area contributed by atoms with Gasteiger partial charge in [-0.3, -0.25) is 4.79 Å². The molecule has 1 unspecified atom stereocenters. The van der Waals surface area contributed by atoms with E-state index < -0.39 is 17.2 Å². The van der Waals surface area contributed by atoms with Crippen molar-refractivity contribution in [3.05, 3.63) is 71.3 Å². The number of aliphatic hydroxyl groups excluding tert-OH is 1. The molecule has 0 saturated carbocycles. The van der Waals surface area contributed by atoms with Crippen molar-refractivity contribution < 1.29 is 18.7 Å². The van der Waals surface area contributed by atoms with E-state index in [0.29, 0.717) is 5.56 Å². The molecule has 0 radical (unpaired) electrons. The predicted molar refractivity (Wildman–Crippen MR) is 85.2 cm³/mol. The van der Waals surface area contributed by atoms with Crippen LogP contribution in [0.1, 0.15) is 24.5 Å². The van der Waals surface area contributed by atoms with E-state index in [2.05, 4.69) is 5.10 Å². The first-order valence-electron chi connectivity index (χ1n) is 7.48. The number of halogens is 2. The van der Waals surface area contributed by atoms with E-state index in [1.54, 1.807) is 24.3 Å². The maximum Gasteiger partial charge on any atom is 0.240 e. The van der Waals surface area contributed by atoms with Crippen LogP contribution >= 0.6 is 0 Å². The molecule has 2 aromatic rings. The number of hydrazone groups is 1. The van der Waals surface area contributed by atoms with Crippen molar-refractivity contribution >= 4 is 11.6 Å². The Morgan fingerprint density at radius 3 is 2.58 bits per heavy atom. The van der Waals surface area contributed by atoms with E-state index in [1.807, 2.05) is 6.07 Å². The summed E-state index contributed by atoms with van der Waals surface area (Å²) in [4.78, 5) is 12.1. The van der Waals surface area contributed by atoms with Crippen LogP contribution in [-0.2, 0) is 10.3 Å². The van der Waals surface area contributed by atoms with Crippen molar-refractivity contribution in [2.75, 3.05) is 6.61 Å². The van der Waals surface area contributed by atoms with E-state index in [0.717, 1.165) is 23.2 Å². The van der Waals surface area contributed by atoms with Crippen LogP contribution in [0, 0.1) is 11.6 Å². The lowest BCUT2D eigenvalue weighted by atomic mass is 9.84. The second-order valence-electron chi connectivity index (χ2n) is 5.73. The molecule has 124 valence electrons. The van der Waals surface area contributed by atoms with Gasteiger partial charge in [0.25, 0.3) is 0 Å². The lowest BCUT2D eigenvalue weighted by Gasteiger charge is -2.34. The summed E-state index contributed by atoms with van der Waals surface area (Å²) in [5.41, 5.74) is -0.230. The van der Waals surface area contributed by atoms with Crippen molar-refractivity contribution in [3.63, 3.8) is 0 Å². The molecule has 1 amide bonds. The van der Waals surface area contributed by atoms with Gasteiger partial charge in [0.05, 0.1) is 12.3 Å². The van der Waals surface area contributed by atoms with Gasteiger partial charge in [-0.05, 0) is 23.8 Å². The van der Waals surface area contributed by atoms with E-state index >= 15 is 0 Å². The van der Waals surface area contributed by atoms with Crippen LogP contribution in [0.4, 0.5) is 8.78 Å². The molecular weight excluding hydrogens is 314 g/mol. The van der Waals surface area contributed by atoms with Crippen molar-refractivity contribution in [1.29, 1.82) is 0 Å². The van der Waals surface area contributed by atoms with E-state index in [1.165, 1.54) is 6.92 Å². The number of nitrogens with zero attached hydrogens (tertiary/aromatic N) is 2. The molecule has 1 N–H and O–H groups in total. The van der Waals surface area contributed by atoms with Gasteiger partial charge >= 0.3 is 0 Å². The molecule has 0 bridgehead atoms. The number of carbonyl (C=O) groups excluding carboxylic acids is 1. The zero-order valence-corrected chi connectivity index (χ0v) is 13.0. The molecule has 0 fully saturated rings. The fraction of sp³-hybridized carbons (Fsp3) is 0.222. The minimum Gasteiger partial charge on any atom is -0.393 e. The van der Waals surface area contributed by atoms with E-state index in [-0.39, 0.29) is 30.2 Å². The fourth-order valence-corrected chi connectivity index (χ4v) is 3.03. The lowest BCUT2D eigenvalue weighted by Crippen LogP contribution is -2.45. The van der Waals surface area contributed by atoms with Gasteiger partial charge in [0.15, 0.2) is 0 Å². The van der Waals surface area contributed by atoms with Gasteiger partial charge in [-0.15, -0.1) is 0 Å². The fourth-order valence-electron chi connectivity index (χ4n) is 3.03. The number of carbonyl (C=O) groups is 1. The van der Waals surface area contributed by atoms with Gasteiger partial charge in [0.1, 0.15) is 17.2 Å². The highest BCUT2D eigenvalue weighted by Gasteiger charge is 2.46. The monoisotopic (exact) mass is 330 g/mol. The number of rotatable bonds is 3. The third-order valence-corrected chi connectivity index (χ3v) is 4.20. The molecule has 3 rings (SSSR count). The van der Waals surface area contributed by atoms with Crippen LogP contribution in [0.25, 0.3) is 0 Å². The van der Waals surface area contributed by atoms with Crippen LogP contribution in [0.5, 0.6) is 0 Å². The average Bonchev–Trinajstić information content (AvgIpc) is 2.99. The van der Waals surface area contributed by atoms with Crippen LogP contribution < -0.4 is 0 Å². The molecule has 2 aromatic carbocycles. The summed E-state index contributed by atoms with van der Waals surface area (Å²) in [6.07, 6.45) is 0.0907. The SMILES string of the molecule is CC(=O)N1N=C(c2cc(F)ccc2F)CC1(CO)c1ccccc1. The van der Waals surface area contributed by atoms with Gasteiger partial charge in [-0.25, -0.2) is 13.8 Å². The highest BCUT2D eigenvalue weighted by molar-refractivity contribution is 6.04. The summed E-state index contributed by atoms with van der Waals surface area (Å²) in [6.45, 7) is 0.933. The van der Waals surface area contributed by atoms with Crippen LogP contribution in [0.2, 0.25) is 0 Å². The Morgan fingerprint density at radius 2 is 1.96 bits per heavy atom. The van der Waals surface area contributed by atoms with Crippen molar-refractivity contribution in [1.82, 2.24) is 5.01 Å². The number of benzene rings is 2. The molecule has 0 aliphatic carbocycles. The topological polar surface area (TPSA) is 52.9 Å². The summed E-state index contributed by atoms with van der Waals surface area (Å²) in [6, 6.07) is 12.0. The number of amides is 1. The number of hydrogen-bond donors (Lipinski definition) is 1. The van der Waals surface area contributed by atoms with E-state index in [9.17, 15) is 18.7 Å². The molecule has 1 aliphatic rings. The lowest BCUT2D eigenvalue weighted by molar-refractivity contribution is -0.136. The second kappa shape index (κ2) is 6.13. The summed E-state index contributed by atoms with van der Waals surface area (Å²) < 4.78 is 27.6. The molecule has 0 saturated heterocycles. The quantitative estimate of drug-likeness (QED) is 0.941. The first kappa shape index (κ1) is 16.3. The third-order valence-electron chi connectivity index (χ3n) is 4.20. The summed E-state index contributed by atoms with van der Waals surface area (Å²) in [7, 11) is 0. The Balaban J connectivity index is 2.11. The van der Waals surface area contributed by atoms with Gasteiger partial charge in [0, 0.05) is 18.9 Å². The van der Waals surface area contributed by atoms with Crippen molar-refractivity contribution in [3.8, 4) is 0 Å². The van der Waals surface area contributed by atoms with Crippen molar-refractivity contribution in [2.24, 2.45) is 5.10 Å². The Bertz CT molecular complexity index is 808. The predicted octanol–water partition coefficient (Wildman–Crippen LogP) is 2.81. The second-order valence-corrected chi connectivity index (χ2v) is 5.73. The first-order valence-corrected chi connectivity index (χ1v) is 7.48. The number of aliphatic hydroxyl groups is 1. The smallest absolute Gasteiger partial charge is 0.240 e. The summed E-state index contributed by atoms with van der Waals surface area (Å²) in [5.74, 6) is -1.61. The van der Waals surface area contributed by atoms with Gasteiger partial charge in [-0.2, -0.15) is 5.10 Å². The average molecular weight is 330 g/mol. The Labute approximate surface area is 138 Å². The Kier molecular flexibility index (Phi) is 4.15. The van der Waals surface area contributed by atoms with Gasteiger partial charge in [-0.1, -0.05) is 30.3 Å². The van der Waals surface area contributed by atoms with E-state index in [4.69, 9.17) is 0 Å². The minimum atomic E-state index is -1.12. The Hall–Kier alpha value is -2.60. The van der Waals surface area contributed by atoms with Crippen LogP contribution in [0.3, 0.4) is 0 Å². The van der Waals surface area contributed by atoms with Crippen molar-refractivity contribution in [2.45, 2.75) is 18.9 Å². The molecule has 4 nitrogen and oxygen atoms in total. The molecule has 0 spiro atoms.